The van der Waals surface area contributed by atoms with E-state index in [9.17, 15) is 0 Å². The van der Waals surface area contributed by atoms with Crippen molar-refractivity contribution in [2.45, 2.75) is 0 Å². The molecule has 0 aliphatic heterocycles. The van der Waals surface area contributed by atoms with Crippen molar-refractivity contribution in [3.8, 4) is 45.3 Å². The molecule has 0 saturated heterocycles. The van der Waals surface area contributed by atoms with Crippen molar-refractivity contribution < 1.29 is 4.42 Å². The Bertz CT molecular complexity index is 2140. The van der Waals surface area contributed by atoms with Gasteiger partial charge in [0.25, 0.3) is 0 Å². The number of nitrogens with zero attached hydrogens (tertiary/aromatic N) is 3. The summed E-state index contributed by atoms with van der Waals surface area (Å²) in [5.41, 5.74) is 6.67. The lowest BCUT2D eigenvalue weighted by Crippen LogP contribution is -2.01. The summed E-state index contributed by atoms with van der Waals surface area (Å²) in [5.74, 6) is 1.91. The van der Waals surface area contributed by atoms with Gasteiger partial charge in [0, 0.05) is 27.5 Å². The van der Waals surface area contributed by atoms with E-state index in [1.165, 1.54) is 0 Å². The van der Waals surface area contributed by atoms with Gasteiger partial charge in [-0.05, 0) is 40.1 Å². The highest BCUT2D eigenvalue weighted by Crippen LogP contribution is 2.40. The smallest absolute Gasteiger partial charge is 0.165 e. The molecule has 0 N–H and O–H groups in total. The second-order valence-electron chi connectivity index (χ2n) is 10.1. The molecule has 0 saturated carbocycles. The highest BCUT2D eigenvalue weighted by atomic mass is 16.3. The van der Waals surface area contributed by atoms with Crippen LogP contribution in [0.2, 0.25) is 0 Å². The Labute approximate surface area is 236 Å². The van der Waals surface area contributed by atoms with E-state index in [-0.39, 0.29) is 0 Å². The van der Waals surface area contributed by atoms with E-state index in [0.717, 1.165) is 60.5 Å². The Hall–Kier alpha value is -5.61. The van der Waals surface area contributed by atoms with Gasteiger partial charge in [0.05, 0.1) is 0 Å². The van der Waals surface area contributed by atoms with Gasteiger partial charge in [-0.1, -0.05) is 121 Å². The lowest BCUT2D eigenvalue weighted by atomic mass is 9.93. The zero-order chi connectivity index (χ0) is 27.2. The molecule has 4 nitrogen and oxygen atoms in total. The van der Waals surface area contributed by atoms with Gasteiger partial charge in [-0.3, -0.25) is 0 Å². The van der Waals surface area contributed by atoms with Gasteiger partial charge in [-0.25, -0.2) is 15.0 Å². The summed E-state index contributed by atoms with van der Waals surface area (Å²) in [6, 6.07) is 47.5. The molecule has 0 aliphatic rings. The van der Waals surface area contributed by atoms with Crippen LogP contribution in [0.5, 0.6) is 0 Å². The molecule has 0 spiro atoms. The van der Waals surface area contributed by atoms with E-state index in [1.54, 1.807) is 0 Å². The summed E-state index contributed by atoms with van der Waals surface area (Å²) >= 11 is 0. The highest BCUT2D eigenvalue weighted by Gasteiger charge is 2.19. The van der Waals surface area contributed by atoms with E-state index in [0.29, 0.717) is 17.5 Å². The van der Waals surface area contributed by atoms with E-state index in [4.69, 9.17) is 19.4 Å². The molecule has 8 aromatic rings. The van der Waals surface area contributed by atoms with E-state index < -0.39 is 0 Å². The molecule has 0 aliphatic carbocycles. The van der Waals surface area contributed by atoms with Crippen molar-refractivity contribution in [2.24, 2.45) is 0 Å². The van der Waals surface area contributed by atoms with Crippen LogP contribution in [-0.2, 0) is 0 Å². The number of benzene rings is 6. The van der Waals surface area contributed by atoms with Crippen LogP contribution in [0, 0.1) is 0 Å². The normalized spacial score (nSPS) is 11.4. The molecule has 0 amide bonds. The molecular weight excluding hydrogens is 502 g/mol. The topological polar surface area (TPSA) is 51.8 Å². The zero-order valence-corrected chi connectivity index (χ0v) is 22.0. The van der Waals surface area contributed by atoms with Crippen LogP contribution in [0.3, 0.4) is 0 Å². The number of aromatic nitrogens is 3. The summed E-state index contributed by atoms with van der Waals surface area (Å²) in [6.07, 6.45) is 0. The number of hydrogen-bond donors (Lipinski definition) is 0. The predicted molar refractivity (Wildman–Crippen MR) is 166 cm³/mol. The van der Waals surface area contributed by atoms with E-state index in [1.807, 2.05) is 78.9 Å². The molecule has 0 fully saturated rings. The van der Waals surface area contributed by atoms with Crippen molar-refractivity contribution in [1.82, 2.24) is 15.0 Å². The summed E-state index contributed by atoms with van der Waals surface area (Å²) in [7, 11) is 0. The van der Waals surface area contributed by atoms with Crippen molar-refractivity contribution in [2.75, 3.05) is 0 Å². The van der Waals surface area contributed by atoms with Crippen LogP contribution >= 0.6 is 0 Å². The summed E-state index contributed by atoms with van der Waals surface area (Å²) in [6.45, 7) is 0. The molecule has 0 bridgehead atoms. The molecular formula is C37H23N3O. The van der Waals surface area contributed by atoms with E-state index in [2.05, 4.69) is 60.7 Å². The Kier molecular flexibility index (Phi) is 5.42. The molecule has 2 aromatic heterocycles. The minimum absolute atomic E-state index is 0.634. The average molecular weight is 526 g/mol. The van der Waals surface area contributed by atoms with Gasteiger partial charge in [0.15, 0.2) is 17.5 Å². The fourth-order valence-electron chi connectivity index (χ4n) is 5.57. The Morgan fingerprint density at radius 1 is 0.390 bits per heavy atom. The highest BCUT2D eigenvalue weighted by molar-refractivity contribution is 6.08. The predicted octanol–water partition coefficient (Wildman–Crippen LogP) is 9.59. The molecule has 192 valence electrons. The SMILES string of the molecule is c1ccc(-c2nc(-c3ccccc3)nc(-c3c(-c4ccc5c(c4)oc4ccccc45)ccc4ccccc34)n2)cc1. The van der Waals surface area contributed by atoms with Crippen LogP contribution < -0.4 is 0 Å². The number of fused-ring (bicyclic) bond motifs is 4. The Balaban J connectivity index is 1.42. The molecule has 0 unspecified atom stereocenters. The maximum atomic E-state index is 6.26. The molecule has 2 heterocycles. The first-order valence-electron chi connectivity index (χ1n) is 13.6. The lowest BCUT2D eigenvalue weighted by molar-refractivity contribution is 0.669. The quantitative estimate of drug-likeness (QED) is 0.230. The van der Waals surface area contributed by atoms with Crippen molar-refractivity contribution >= 4 is 32.7 Å². The average Bonchev–Trinajstić information content (AvgIpc) is 3.43. The third kappa shape index (κ3) is 4.05. The van der Waals surface area contributed by atoms with Gasteiger partial charge in [-0.15, -0.1) is 0 Å². The maximum absolute atomic E-state index is 6.26. The molecule has 8 rings (SSSR count). The summed E-state index contributed by atoms with van der Waals surface area (Å²) < 4.78 is 6.26. The molecule has 0 atom stereocenters. The van der Waals surface area contributed by atoms with Gasteiger partial charge in [0.2, 0.25) is 0 Å². The number of hydrogen-bond acceptors (Lipinski definition) is 4. The zero-order valence-electron chi connectivity index (χ0n) is 22.0. The summed E-state index contributed by atoms with van der Waals surface area (Å²) in [4.78, 5) is 15.1. The largest absolute Gasteiger partial charge is 0.456 e. The molecule has 6 aromatic carbocycles. The van der Waals surface area contributed by atoms with Crippen molar-refractivity contribution in [3.63, 3.8) is 0 Å². The second kappa shape index (κ2) is 9.54. The first-order valence-corrected chi connectivity index (χ1v) is 13.6. The lowest BCUT2D eigenvalue weighted by Gasteiger charge is -2.15. The van der Waals surface area contributed by atoms with Crippen molar-refractivity contribution in [3.05, 3.63) is 140 Å². The summed E-state index contributed by atoms with van der Waals surface area (Å²) in [5, 5.41) is 4.42. The van der Waals surface area contributed by atoms with Crippen LogP contribution in [0.25, 0.3) is 78.0 Å². The number of rotatable bonds is 4. The van der Waals surface area contributed by atoms with Gasteiger partial charge in [0.1, 0.15) is 11.2 Å². The van der Waals surface area contributed by atoms with Gasteiger partial charge in [-0.2, -0.15) is 0 Å². The Morgan fingerprint density at radius 3 is 1.71 bits per heavy atom. The second-order valence-corrected chi connectivity index (χ2v) is 10.1. The van der Waals surface area contributed by atoms with Crippen LogP contribution in [0.4, 0.5) is 0 Å². The fraction of sp³-hybridized carbons (Fsp3) is 0. The van der Waals surface area contributed by atoms with E-state index >= 15 is 0 Å². The Morgan fingerprint density at radius 2 is 0.976 bits per heavy atom. The minimum Gasteiger partial charge on any atom is -0.456 e. The minimum atomic E-state index is 0.634. The van der Waals surface area contributed by atoms with Crippen LogP contribution in [0.15, 0.2) is 144 Å². The maximum Gasteiger partial charge on any atom is 0.165 e. The third-order valence-corrected chi connectivity index (χ3v) is 7.54. The number of para-hydroxylation sites is 1. The standard InChI is InChI=1S/C37H23N3O/c1-3-12-25(13-4-1)35-38-36(26-14-5-2-6-15-26)40-37(39-35)34-28-16-8-7-11-24(28)19-21-29(34)27-20-22-31-30-17-9-10-18-32(30)41-33(31)23-27/h1-23H. The fourth-order valence-corrected chi connectivity index (χ4v) is 5.57. The van der Waals surface area contributed by atoms with Crippen molar-refractivity contribution in [1.29, 1.82) is 0 Å². The third-order valence-electron chi connectivity index (χ3n) is 7.54. The first-order chi connectivity index (χ1) is 20.3. The molecule has 0 radical (unpaired) electrons. The van der Waals surface area contributed by atoms with Gasteiger partial charge >= 0.3 is 0 Å². The molecule has 41 heavy (non-hydrogen) atoms. The van der Waals surface area contributed by atoms with Crippen LogP contribution in [0.1, 0.15) is 0 Å². The van der Waals surface area contributed by atoms with Crippen LogP contribution in [-0.4, -0.2) is 15.0 Å². The monoisotopic (exact) mass is 525 g/mol. The number of furan rings is 1. The molecule has 4 heteroatoms. The van der Waals surface area contributed by atoms with Gasteiger partial charge < -0.3 is 4.42 Å². The first kappa shape index (κ1) is 23.3.